The Kier molecular flexibility index (Phi) is 2.51. The van der Waals surface area contributed by atoms with E-state index in [1.54, 1.807) is 11.6 Å². The van der Waals surface area contributed by atoms with Crippen molar-refractivity contribution in [2.45, 2.75) is 13.8 Å². The predicted molar refractivity (Wildman–Crippen MR) is 64.5 cm³/mol. The summed E-state index contributed by atoms with van der Waals surface area (Å²) >= 11 is 1.23. The second-order valence-electron chi connectivity index (χ2n) is 3.65. The van der Waals surface area contributed by atoms with Crippen LogP contribution >= 0.6 is 11.3 Å². The molecular weight excluding hydrogens is 224 g/mol. The second kappa shape index (κ2) is 3.71. The van der Waals surface area contributed by atoms with Crippen molar-refractivity contribution >= 4 is 16.5 Å². The molecule has 0 saturated carbocycles. The molecule has 0 aliphatic rings. The van der Waals surface area contributed by atoms with Crippen LogP contribution in [0.1, 0.15) is 11.3 Å². The molecule has 16 heavy (non-hydrogen) atoms. The van der Waals surface area contributed by atoms with Crippen molar-refractivity contribution in [2.75, 3.05) is 5.73 Å². The minimum absolute atomic E-state index is 0.0614. The largest absolute Gasteiger partial charge is 0.374 e. The number of aromatic nitrogens is 3. The minimum atomic E-state index is -0.0614. The molecule has 0 amide bonds. The Morgan fingerprint density at radius 1 is 1.38 bits per heavy atom. The van der Waals surface area contributed by atoms with Gasteiger partial charge in [-0.1, -0.05) is 11.3 Å². The Morgan fingerprint density at radius 2 is 2.06 bits per heavy atom. The Balaban J connectivity index is 2.75. The van der Waals surface area contributed by atoms with Gasteiger partial charge >= 0.3 is 0 Å². The van der Waals surface area contributed by atoms with E-state index in [1.165, 1.54) is 11.3 Å². The molecule has 0 saturated heterocycles. The van der Waals surface area contributed by atoms with E-state index in [4.69, 9.17) is 5.73 Å². The Hall–Kier alpha value is -1.69. The summed E-state index contributed by atoms with van der Waals surface area (Å²) in [5, 5.41) is 8.59. The molecule has 2 N–H and O–H groups in total. The van der Waals surface area contributed by atoms with Crippen molar-refractivity contribution in [3.63, 3.8) is 0 Å². The lowest BCUT2D eigenvalue weighted by atomic mass is 10.1. The van der Waals surface area contributed by atoms with Crippen LogP contribution in [-0.2, 0) is 7.05 Å². The molecule has 0 radical (unpaired) electrons. The maximum Gasteiger partial charge on any atom is 0.261 e. The molecular formula is C10H12N4OS. The van der Waals surface area contributed by atoms with Gasteiger partial charge in [-0.15, -0.1) is 10.2 Å². The van der Waals surface area contributed by atoms with Gasteiger partial charge in [-0.3, -0.25) is 4.79 Å². The van der Waals surface area contributed by atoms with Crippen molar-refractivity contribution < 1.29 is 0 Å². The van der Waals surface area contributed by atoms with Gasteiger partial charge in [0.25, 0.3) is 5.56 Å². The number of pyridine rings is 1. The molecule has 84 valence electrons. The predicted octanol–water partition coefficient (Wildman–Crippen LogP) is 1.10. The fourth-order valence-corrected chi connectivity index (χ4v) is 2.29. The fraction of sp³-hybridized carbons (Fsp3) is 0.300. The highest BCUT2D eigenvalue weighted by Gasteiger charge is 2.14. The Labute approximate surface area is 96.6 Å². The number of nitrogens with zero attached hydrogens (tertiary/aromatic N) is 3. The van der Waals surface area contributed by atoms with Crippen molar-refractivity contribution in [1.82, 2.24) is 14.8 Å². The minimum Gasteiger partial charge on any atom is -0.374 e. The summed E-state index contributed by atoms with van der Waals surface area (Å²) in [7, 11) is 1.74. The summed E-state index contributed by atoms with van der Waals surface area (Å²) in [4.78, 5) is 12.1. The quantitative estimate of drug-likeness (QED) is 0.804. The van der Waals surface area contributed by atoms with Crippen molar-refractivity contribution in [1.29, 1.82) is 0 Å². The lowest BCUT2D eigenvalue weighted by molar-refractivity contribution is 0.816. The molecule has 5 nitrogen and oxygen atoms in total. The molecule has 2 rings (SSSR count). The van der Waals surface area contributed by atoms with Crippen LogP contribution in [0.4, 0.5) is 5.13 Å². The normalized spacial score (nSPS) is 10.7. The number of hydrogen-bond donors (Lipinski definition) is 1. The van der Waals surface area contributed by atoms with E-state index in [-0.39, 0.29) is 5.56 Å². The number of anilines is 1. The summed E-state index contributed by atoms with van der Waals surface area (Å²) in [6.45, 7) is 3.79. The van der Waals surface area contributed by atoms with E-state index in [1.807, 2.05) is 19.9 Å². The van der Waals surface area contributed by atoms with Crippen LogP contribution in [0.15, 0.2) is 10.9 Å². The van der Waals surface area contributed by atoms with Crippen LogP contribution in [-0.4, -0.2) is 14.8 Å². The van der Waals surface area contributed by atoms with Crippen molar-refractivity contribution in [3.05, 3.63) is 27.7 Å². The van der Waals surface area contributed by atoms with Crippen LogP contribution < -0.4 is 11.3 Å². The summed E-state index contributed by atoms with van der Waals surface area (Å²) in [5.74, 6) is 0. The van der Waals surface area contributed by atoms with Crippen molar-refractivity contribution in [2.24, 2.45) is 7.05 Å². The van der Waals surface area contributed by atoms with Crippen LogP contribution in [0.5, 0.6) is 0 Å². The van der Waals surface area contributed by atoms with E-state index >= 15 is 0 Å². The molecule has 0 aliphatic heterocycles. The van der Waals surface area contributed by atoms with Gasteiger partial charge in [0.15, 0.2) is 5.01 Å². The van der Waals surface area contributed by atoms with Gasteiger partial charge < -0.3 is 10.3 Å². The Morgan fingerprint density at radius 3 is 2.62 bits per heavy atom. The molecule has 0 fully saturated rings. The van der Waals surface area contributed by atoms with Crippen LogP contribution in [0.3, 0.4) is 0 Å². The topological polar surface area (TPSA) is 73.8 Å². The van der Waals surface area contributed by atoms with Gasteiger partial charge in [0.2, 0.25) is 5.13 Å². The second-order valence-corrected chi connectivity index (χ2v) is 4.66. The highest BCUT2D eigenvalue weighted by Crippen LogP contribution is 2.24. The number of aryl methyl sites for hydroxylation is 2. The summed E-state index contributed by atoms with van der Waals surface area (Å²) in [6, 6.07) is 1.95. The van der Waals surface area contributed by atoms with Crippen molar-refractivity contribution in [3.8, 4) is 10.6 Å². The van der Waals surface area contributed by atoms with Crippen LogP contribution in [0.2, 0.25) is 0 Å². The SMILES string of the molecule is Cc1cc(C)n(C)c(=O)c1-c1nnc(N)s1. The number of nitrogen functional groups attached to an aromatic ring is 1. The first kappa shape index (κ1) is 10.8. The highest BCUT2D eigenvalue weighted by molar-refractivity contribution is 7.18. The maximum absolute atomic E-state index is 12.1. The van der Waals surface area contributed by atoms with Gasteiger partial charge in [0.1, 0.15) is 0 Å². The van der Waals surface area contributed by atoms with Gasteiger partial charge in [-0.25, -0.2) is 0 Å². The number of nitrogens with two attached hydrogens (primary N) is 1. The van der Waals surface area contributed by atoms with E-state index < -0.39 is 0 Å². The average Bonchev–Trinajstić information content (AvgIpc) is 2.61. The maximum atomic E-state index is 12.1. The molecule has 2 aromatic rings. The Bertz CT molecular complexity index is 599. The van der Waals surface area contributed by atoms with E-state index in [0.717, 1.165) is 11.3 Å². The number of rotatable bonds is 1. The summed E-state index contributed by atoms with van der Waals surface area (Å²) in [5.41, 5.74) is 7.86. The first-order valence-electron chi connectivity index (χ1n) is 4.77. The molecule has 0 aliphatic carbocycles. The molecule has 6 heteroatoms. The third kappa shape index (κ3) is 1.61. The monoisotopic (exact) mass is 236 g/mol. The smallest absolute Gasteiger partial charge is 0.261 e. The molecule has 2 aromatic heterocycles. The lowest BCUT2D eigenvalue weighted by Gasteiger charge is -2.07. The summed E-state index contributed by atoms with van der Waals surface area (Å²) in [6.07, 6.45) is 0. The fourth-order valence-electron chi connectivity index (χ4n) is 1.57. The molecule has 0 bridgehead atoms. The zero-order valence-electron chi connectivity index (χ0n) is 9.31. The van der Waals surface area contributed by atoms with Crippen LogP contribution in [0, 0.1) is 13.8 Å². The molecule has 0 unspecified atom stereocenters. The van der Waals surface area contributed by atoms with Crippen LogP contribution in [0.25, 0.3) is 10.6 Å². The van der Waals surface area contributed by atoms with E-state index in [0.29, 0.717) is 15.7 Å². The highest BCUT2D eigenvalue weighted by atomic mass is 32.1. The van der Waals surface area contributed by atoms with Gasteiger partial charge in [-0.05, 0) is 25.5 Å². The zero-order valence-corrected chi connectivity index (χ0v) is 10.1. The summed E-state index contributed by atoms with van der Waals surface area (Å²) < 4.78 is 1.60. The van der Waals surface area contributed by atoms with E-state index in [9.17, 15) is 4.79 Å². The molecule has 2 heterocycles. The van der Waals surface area contributed by atoms with Gasteiger partial charge in [0.05, 0.1) is 5.56 Å². The number of hydrogen-bond acceptors (Lipinski definition) is 5. The standard InChI is InChI=1S/C10H12N4OS/c1-5-4-6(2)14(3)9(15)7(5)8-12-13-10(11)16-8/h4H,1-3H3,(H2,11,13). The third-order valence-electron chi connectivity index (χ3n) is 2.52. The first-order valence-corrected chi connectivity index (χ1v) is 5.59. The molecule has 0 aromatic carbocycles. The first-order chi connectivity index (χ1) is 7.50. The zero-order chi connectivity index (χ0) is 11.9. The average molecular weight is 236 g/mol. The van der Waals surface area contributed by atoms with Gasteiger partial charge in [0, 0.05) is 12.7 Å². The lowest BCUT2D eigenvalue weighted by Crippen LogP contribution is -2.21. The molecule has 0 spiro atoms. The van der Waals surface area contributed by atoms with E-state index in [2.05, 4.69) is 10.2 Å². The third-order valence-corrected chi connectivity index (χ3v) is 3.29. The molecule has 0 atom stereocenters. The van der Waals surface area contributed by atoms with Gasteiger partial charge in [-0.2, -0.15) is 0 Å².